The van der Waals surface area contributed by atoms with Crippen LogP contribution in [0.3, 0.4) is 0 Å². The molecule has 0 aliphatic heterocycles. The highest BCUT2D eigenvalue weighted by atomic mass is 14.1. The molecule has 0 aliphatic rings. The maximum absolute atomic E-state index is 2.47. The van der Waals surface area contributed by atoms with E-state index < -0.39 is 0 Å². The number of allylic oxidation sites excluding steroid dienone is 2. The number of rotatable bonds is 22. The Balaban J connectivity index is 3.09. The maximum Gasteiger partial charge on any atom is -0.0351 e. The van der Waals surface area contributed by atoms with Crippen molar-refractivity contribution in [1.29, 1.82) is 0 Å². The van der Waals surface area contributed by atoms with Gasteiger partial charge in [0.25, 0.3) is 0 Å². The first-order chi connectivity index (χ1) is 13.3. The fourth-order valence-corrected chi connectivity index (χ4v) is 4.05. The largest absolute Gasteiger partial charge is 0.0888 e. The van der Waals surface area contributed by atoms with E-state index in [1.165, 1.54) is 135 Å². The van der Waals surface area contributed by atoms with Crippen molar-refractivity contribution >= 4 is 0 Å². The van der Waals surface area contributed by atoms with Crippen molar-refractivity contribution in [2.24, 2.45) is 5.92 Å². The zero-order valence-corrected chi connectivity index (χ0v) is 19.6. The van der Waals surface area contributed by atoms with E-state index in [9.17, 15) is 0 Å². The van der Waals surface area contributed by atoms with Crippen LogP contribution in [-0.2, 0) is 0 Å². The van der Waals surface area contributed by atoms with Crippen LogP contribution in [0.2, 0.25) is 0 Å². The Morgan fingerprint density at radius 3 is 1.33 bits per heavy atom. The van der Waals surface area contributed by atoms with Gasteiger partial charge in [0, 0.05) is 0 Å². The summed E-state index contributed by atoms with van der Waals surface area (Å²) in [4.78, 5) is 0. The number of hydrogen-bond donors (Lipinski definition) is 0. The lowest BCUT2D eigenvalue weighted by Gasteiger charge is -2.10. The van der Waals surface area contributed by atoms with Gasteiger partial charge in [-0.2, -0.15) is 0 Å². The van der Waals surface area contributed by atoms with Gasteiger partial charge in [-0.05, 0) is 25.2 Å². The molecule has 1 unspecified atom stereocenters. The van der Waals surface area contributed by atoms with Crippen molar-refractivity contribution in [1.82, 2.24) is 0 Å². The Labute approximate surface area is 174 Å². The van der Waals surface area contributed by atoms with Gasteiger partial charge in [0.2, 0.25) is 0 Å². The normalized spacial score (nSPS) is 12.9. The van der Waals surface area contributed by atoms with Crippen LogP contribution in [0.25, 0.3) is 0 Å². The molecule has 0 nitrogen and oxygen atoms in total. The maximum atomic E-state index is 2.47. The molecule has 0 fully saturated rings. The molecule has 0 bridgehead atoms. The summed E-state index contributed by atoms with van der Waals surface area (Å²) in [7, 11) is 0. The van der Waals surface area contributed by atoms with Gasteiger partial charge in [0.05, 0.1) is 0 Å². The smallest absolute Gasteiger partial charge is 0.0351 e. The molecule has 0 aromatic rings. The molecule has 162 valence electrons. The third kappa shape index (κ3) is 23.7. The molecule has 0 saturated carbocycles. The van der Waals surface area contributed by atoms with Gasteiger partial charge in [0.15, 0.2) is 0 Å². The van der Waals surface area contributed by atoms with Gasteiger partial charge in [-0.25, -0.2) is 0 Å². The minimum Gasteiger partial charge on any atom is -0.0888 e. The first-order valence-electron chi connectivity index (χ1n) is 13.0. The molecule has 0 saturated heterocycles. The predicted molar refractivity (Wildman–Crippen MR) is 127 cm³/mol. The van der Waals surface area contributed by atoms with Crippen molar-refractivity contribution in [3.8, 4) is 0 Å². The molecule has 27 heavy (non-hydrogen) atoms. The molecule has 0 N–H and O–H groups in total. The van der Waals surface area contributed by atoms with E-state index in [1.54, 1.807) is 0 Å². The zero-order valence-electron chi connectivity index (χ0n) is 19.6. The first-order valence-corrected chi connectivity index (χ1v) is 13.0. The fraction of sp³-hybridized carbons (Fsp3) is 0.926. The molecule has 0 amide bonds. The third-order valence-electron chi connectivity index (χ3n) is 6.02. The molecule has 0 aliphatic carbocycles. The SMILES string of the molecule is CCC=CCCCCCCCCCCCCCCCC(C)CCCCCC. The van der Waals surface area contributed by atoms with Gasteiger partial charge in [0.1, 0.15) is 0 Å². The Hall–Kier alpha value is -0.260. The Bertz CT molecular complexity index is 278. The van der Waals surface area contributed by atoms with Crippen molar-refractivity contribution in [2.75, 3.05) is 0 Å². The van der Waals surface area contributed by atoms with Gasteiger partial charge in [-0.3, -0.25) is 0 Å². The fourth-order valence-electron chi connectivity index (χ4n) is 4.05. The molecule has 0 radical (unpaired) electrons. The highest BCUT2D eigenvalue weighted by Crippen LogP contribution is 2.18. The number of unbranched alkanes of at least 4 members (excludes halogenated alkanes) is 16. The summed E-state index contributed by atoms with van der Waals surface area (Å²) in [5, 5.41) is 0. The lowest BCUT2D eigenvalue weighted by Crippen LogP contribution is -1.95. The van der Waals surface area contributed by atoms with Gasteiger partial charge < -0.3 is 0 Å². The Morgan fingerprint density at radius 1 is 0.481 bits per heavy atom. The molecular formula is C27H54. The van der Waals surface area contributed by atoms with E-state index in [4.69, 9.17) is 0 Å². The van der Waals surface area contributed by atoms with Crippen LogP contribution in [0.5, 0.6) is 0 Å². The van der Waals surface area contributed by atoms with E-state index in [1.807, 2.05) is 0 Å². The highest BCUT2D eigenvalue weighted by Gasteiger charge is 2.01. The standard InChI is InChI=1S/C27H54/c1-4-6-8-10-11-12-13-14-15-16-17-18-19-20-21-22-24-26-27(3)25-23-9-7-5-2/h6,8,27H,4-5,7,9-26H2,1-3H3. The van der Waals surface area contributed by atoms with Crippen LogP contribution in [0.4, 0.5) is 0 Å². The number of hydrogen-bond acceptors (Lipinski definition) is 0. The molecule has 0 rings (SSSR count). The van der Waals surface area contributed by atoms with Crippen LogP contribution >= 0.6 is 0 Å². The lowest BCUT2D eigenvalue weighted by atomic mass is 9.96. The summed E-state index contributed by atoms with van der Waals surface area (Å²) in [5.41, 5.74) is 0. The molecule has 0 heteroatoms. The van der Waals surface area contributed by atoms with Gasteiger partial charge in [-0.1, -0.05) is 148 Å². The molecule has 1 atom stereocenters. The van der Waals surface area contributed by atoms with Crippen molar-refractivity contribution < 1.29 is 0 Å². The van der Waals surface area contributed by atoms with Crippen LogP contribution in [0.1, 0.15) is 156 Å². The summed E-state index contributed by atoms with van der Waals surface area (Å²) < 4.78 is 0. The molecule has 0 aromatic carbocycles. The van der Waals surface area contributed by atoms with Crippen molar-refractivity contribution in [3.63, 3.8) is 0 Å². The third-order valence-corrected chi connectivity index (χ3v) is 6.02. The van der Waals surface area contributed by atoms with E-state index in [0.29, 0.717) is 0 Å². The van der Waals surface area contributed by atoms with Crippen molar-refractivity contribution in [3.05, 3.63) is 12.2 Å². The van der Waals surface area contributed by atoms with Gasteiger partial charge >= 0.3 is 0 Å². The van der Waals surface area contributed by atoms with Crippen molar-refractivity contribution in [2.45, 2.75) is 156 Å². The van der Waals surface area contributed by atoms with Crippen LogP contribution in [0.15, 0.2) is 12.2 Å². The summed E-state index contributed by atoms with van der Waals surface area (Å²) >= 11 is 0. The summed E-state index contributed by atoms with van der Waals surface area (Å²) in [6.07, 6.45) is 34.9. The topological polar surface area (TPSA) is 0 Å². The molecular weight excluding hydrogens is 324 g/mol. The summed E-state index contributed by atoms with van der Waals surface area (Å²) in [6, 6.07) is 0. The van der Waals surface area contributed by atoms with E-state index >= 15 is 0 Å². The predicted octanol–water partition coefficient (Wildman–Crippen LogP) is 10.4. The van der Waals surface area contributed by atoms with Crippen LogP contribution in [-0.4, -0.2) is 0 Å². The molecule has 0 spiro atoms. The van der Waals surface area contributed by atoms with E-state index in [-0.39, 0.29) is 0 Å². The van der Waals surface area contributed by atoms with Crippen LogP contribution < -0.4 is 0 Å². The van der Waals surface area contributed by atoms with E-state index in [2.05, 4.69) is 32.9 Å². The highest BCUT2D eigenvalue weighted by molar-refractivity contribution is 4.79. The van der Waals surface area contributed by atoms with E-state index in [0.717, 1.165) is 5.92 Å². The second kappa shape index (κ2) is 23.8. The molecule has 0 heterocycles. The Morgan fingerprint density at radius 2 is 0.889 bits per heavy atom. The minimum atomic E-state index is 0.967. The second-order valence-corrected chi connectivity index (χ2v) is 9.01. The quantitative estimate of drug-likeness (QED) is 0.130. The second-order valence-electron chi connectivity index (χ2n) is 9.01. The average molecular weight is 379 g/mol. The lowest BCUT2D eigenvalue weighted by molar-refractivity contribution is 0.433. The average Bonchev–Trinajstić information content (AvgIpc) is 2.67. The Kier molecular flexibility index (Phi) is 23.5. The van der Waals surface area contributed by atoms with Crippen LogP contribution in [0, 0.1) is 5.92 Å². The molecule has 0 aromatic heterocycles. The van der Waals surface area contributed by atoms with Gasteiger partial charge in [-0.15, -0.1) is 0 Å². The minimum absolute atomic E-state index is 0.967. The monoisotopic (exact) mass is 378 g/mol. The summed E-state index contributed by atoms with van der Waals surface area (Å²) in [6.45, 7) is 6.99. The first kappa shape index (κ1) is 26.7. The summed E-state index contributed by atoms with van der Waals surface area (Å²) in [5.74, 6) is 0.967. The zero-order chi connectivity index (χ0) is 19.8.